The number of benzene rings is 10. The van der Waals surface area contributed by atoms with Gasteiger partial charge >= 0.3 is 0 Å². The fraction of sp³-hybridized carbons (Fsp3) is 0. The van der Waals surface area contributed by atoms with E-state index in [0.29, 0.717) is 0 Å². The molecule has 0 spiro atoms. The largest absolute Gasteiger partial charge is 0.455 e. The molecule has 3 nitrogen and oxygen atoms in total. The van der Waals surface area contributed by atoms with Crippen LogP contribution in [0.25, 0.3) is 132 Å². The van der Waals surface area contributed by atoms with Gasteiger partial charge in [0.25, 0.3) is 0 Å². The number of para-hydroxylation sites is 4. The normalized spacial score (nSPS) is 12.2. The number of hydrogen-bond donors (Lipinski definition) is 0. The maximum absolute atomic E-state index is 6.75. The molecule has 1 aliphatic carbocycles. The lowest BCUT2D eigenvalue weighted by Gasteiger charge is -2.19. The number of nitrogens with zero attached hydrogens (tertiary/aromatic N) is 2. The van der Waals surface area contributed by atoms with E-state index in [-0.39, 0.29) is 0 Å². The van der Waals surface area contributed by atoms with Crippen molar-refractivity contribution >= 4 is 76.1 Å². The standard InChI is InChI=1S/C54H30N2O/c1-2-12-32-29-34(24-23-31(32)11-1)49-38-14-3-4-15-39(38)51(44-19-10-17-41-36-13-5-8-22-48(36)57-54(41)44)45-30-33(25-26-40(45)49)35-27-28-43-50-37(35)16-9-18-42(50)52-53(43)56-47-21-7-6-20-46(47)55-52/h1-30H. The zero-order valence-electron chi connectivity index (χ0n) is 30.6. The van der Waals surface area contributed by atoms with E-state index in [4.69, 9.17) is 14.4 Å². The van der Waals surface area contributed by atoms with Crippen molar-refractivity contribution in [1.29, 1.82) is 0 Å². The Bertz CT molecular complexity index is 3660. The number of hydrogen-bond acceptors (Lipinski definition) is 3. The van der Waals surface area contributed by atoms with Gasteiger partial charge in [-0.05, 0) is 90.3 Å². The molecule has 2 heterocycles. The maximum atomic E-state index is 6.75. The molecule has 0 fully saturated rings. The lowest BCUT2D eigenvalue weighted by Crippen LogP contribution is -1.92. The molecule has 0 radical (unpaired) electrons. The van der Waals surface area contributed by atoms with Crippen molar-refractivity contribution in [2.75, 3.05) is 0 Å². The second-order valence-corrected chi connectivity index (χ2v) is 15.2. The fourth-order valence-electron chi connectivity index (χ4n) is 9.66. The van der Waals surface area contributed by atoms with Crippen molar-refractivity contribution < 1.29 is 4.42 Å². The molecule has 13 rings (SSSR count). The van der Waals surface area contributed by atoms with E-state index in [2.05, 4.69) is 152 Å². The lowest BCUT2D eigenvalue weighted by molar-refractivity contribution is 0.670. The van der Waals surface area contributed by atoms with Crippen molar-refractivity contribution in [2.24, 2.45) is 0 Å². The molecular formula is C54H30N2O. The molecule has 10 aromatic carbocycles. The van der Waals surface area contributed by atoms with E-state index in [1.165, 1.54) is 65.3 Å². The first kappa shape index (κ1) is 30.7. The molecule has 0 saturated heterocycles. The van der Waals surface area contributed by atoms with Crippen LogP contribution in [0.2, 0.25) is 0 Å². The van der Waals surface area contributed by atoms with Gasteiger partial charge in [-0.1, -0.05) is 152 Å². The topological polar surface area (TPSA) is 38.9 Å². The van der Waals surface area contributed by atoms with Crippen LogP contribution < -0.4 is 0 Å². The van der Waals surface area contributed by atoms with Crippen LogP contribution in [0.5, 0.6) is 0 Å². The molecule has 0 unspecified atom stereocenters. The van der Waals surface area contributed by atoms with Gasteiger partial charge in [-0.15, -0.1) is 0 Å². The average Bonchev–Trinajstić information content (AvgIpc) is 3.81. The molecule has 57 heavy (non-hydrogen) atoms. The summed E-state index contributed by atoms with van der Waals surface area (Å²) in [5.41, 5.74) is 14.9. The van der Waals surface area contributed by atoms with Crippen LogP contribution in [0.4, 0.5) is 0 Å². The van der Waals surface area contributed by atoms with Gasteiger partial charge < -0.3 is 4.42 Å². The van der Waals surface area contributed by atoms with Crippen molar-refractivity contribution in [3.63, 3.8) is 0 Å². The Labute approximate surface area is 327 Å². The van der Waals surface area contributed by atoms with Crippen LogP contribution in [-0.4, -0.2) is 9.97 Å². The Balaban J connectivity index is 1.13. The molecule has 0 amide bonds. The van der Waals surface area contributed by atoms with Gasteiger partial charge in [0.1, 0.15) is 11.2 Å². The van der Waals surface area contributed by atoms with E-state index in [1.54, 1.807) is 0 Å². The summed E-state index contributed by atoms with van der Waals surface area (Å²) in [4.78, 5) is 10.3. The molecule has 0 atom stereocenters. The van der Waals surface area contributed by atoms with Crippen molar-refractivity contribution in [3.8, 4) is 55.9 Å². The second-order valence-electron chi connectivity index (χ2n) is 15.2. The van der Waals surface area contributed by atoms with Gasteiger partial charge in [-0.25, -0.2) is 9.97 Å². The molecule has 0 N–H and O–H groups in total. The summed E-state index contributed by atoms with van der Waals surface area (Å²) in [6, 6.07) is 65.7. The van der Waals surface area contributed by atoms with Crippen LogP contribution in [0.15, 0.2) is 186 Å². The Hall–Kier alpha value is -7.62. The third-order valence-corrected chi connectivity index (χ3v) is 12.2. The minimum Gasteiger partial charge on any atom is -0.455 e. The van der Waals surface area contributed by atoms with Gasteiger partial charge in [0.05, 0.1) is 22.4 Å². The van der Waals surface area contributed by atoms with Crippen LogP contribution in [0.3, 0.4) is 0 Å². The van der Waals surface area contributed by atoms with Crippen LogP contribution in [0.1, 0.15) is 0 Å². The summed E-state index contributed by atoms with van der Waals surface area (Å²) >= 11 is 0. The van der Waals surface area contributed by atoms with Gasteiger partial charge in [0.15, 0.2) is 0 Å². The zero-order chi connectivity index (χ0) is 37.2. The highest BCUT2D eigenvalue weighted by molar-refractivity contribution is 6.25. The van der Waals surface area contributed by atoms with Gasteiger partial charge in [-0.2, -0.15) is 0 Å². The maximum Gasteiger partial charge on any atom is 0.143 e. The van der Waals surface area contributed by atoms with E-state index < -0.39 is 0 Å². The zero-order valence-corrected chi connectivity index (χ0v) is 30.6. The monoisotopic (exact) mass is 722 g/mol. The molecular weight excluding hydrogens is 693 g/mol. The molecule has 0 saturated carbocycles. The average molecular weight is 723 g/mol. The predicted octanol–water partition coefficient (Wildman–Crippen LogP) is 14.8. The van der Waals surface area contributed by atoms with Crippen molar-refractivity contribution in [1.82, 2.24) is 9.97 Å². The summed E-state index contributed by atoms with van der Waals surface area (Å²) in [7, 11) is 0. The summed E-state index contributed by atoms with van der Waals surface area (Å²) in [5.74, 6) is 0. The first-order valence-electron chi connectivity index (χ1n) is 19.5. The summed E-state index contributed by atoms with van der Waals surface area (Å²) in [6.45, 7) is 0. The van der Waals surface area contributed by atoms with Crippen LogP contribution in [0, 0.1) is 0 Å². The van der Waals surface area contributed by atoms with E-state index >= 15 is 0 Å². The third-order valence-electron chi connectivity index (χ3n) is 12.2. The lowest BCUT2D eigenvalue weighted by atomic mass is 9.83. The molecule has 3 heteroatoms. The van der Waals surface area contributed by atoms with Crippen LogP contribution >= 0.6 is 0 Å². The minimum atomic E-state index is 0.896. The Morgan fingerprint density at radius 3 is 1.75 bits per heavy atom. The quantitative estimate of drug-likeness (QED) is 0.170. The smallest absolute Gasteiger partial charge is 0.143 e. The highest BCUT2D eigenvalue weighted by Gasteiger charge is 2.27. The molecule has 0 bridgehead atoms. The van der Waals surface area contributed by atoms with Gasteiger partial charge in [0.2, 0.25) is 0 Å². The molecule has 2 aromatic heterocycles. The van der Waals surface area contributed by atoms with Crippen LogP contribution in [-0.2, 0) is 0 Å². The van der Waals surface area contributed by atoms with Gasteiger partial charge in [0, 0.05) is 38.4 Å². The predicted molar refractivity (Wildman–Crippen MR) is 238 cm³/mol. The molecule has 1 aliphatic rings. The Morgan fingerprint density at radius 2 is 0.930 bits per heavy atom. The summed E-state index contributed by atoms with van der Waals surface area (Å²) in [5, 5.41) is 11.9. The molecule has 262 valence electrons. The number of furan rings is 1. The molecule has 0 aliphatic heterocycles. The fourth-order valence-corrected chi connectivity index (χ4v) is 9.66. The van der Waals surface area contributed by atoms with E-state index in [1.807, 2.05) is 30.3 Å². The van der Waals surface area contributed by atoms with E-state index in [9.17, 15) is 0 Å². The Kier molecular flexibility index (Phi) is 6.16. The third kappa shape index (κ3) is 4.31. The number of rotatable bonds is 3. The highest BCUT2D eigenvalue weighted by atomic mass is 16.3. The van der Waals surface area contributed by atoms with Gasteiger partial charge in [-0.3, -0.25) is 0 Å². The SMILES string of the molecule is c1ccc2cc(-c3c4ccccc4c(-c4cccc5c4oc4ccccc45)c4cc(-c5ccc6c7c(cccc57)-c5nc7ccccc7nc5-6)ccc34)ccc2c1. The van der Waals surface area contributed by atoms with Crippen molar-refractivity contribution in [3.05, 3.63) is 182 Å². The number of aromatic nitrogens is 2. The summed E-state index contributed by atoms with van der Waals surface area (Å²) in [6.07, 6.45) is 0. The first-order valence-corrected chi connectivity index (χ1v) is 19.5. The summed E-state index contributed by atoms with van der Waals surface area (Å²) < 4.78 is 6.75. The minimum absolute atomic E-state index is 0.896. The molecule has 12 aromatic rings. The van der Waals surface area contributed by atoms with Crippen molar-refractivity contribution in [2.45, 2.75) is 0 Å². The second kappa shape index (κ2) is 11.5. The Morgan fingerprint density at radius 1 is 0.333 bits per heavy atom. The number of fused-ring (bicyclic) bond motifs is 10. The first-order chi connectivity index (χ1) is 28.3. The van der Waals surface area contributed by atoms with E-state index in [0.717, 1.165) is 66.6 Å². The highest BCUT2D eigenvalue weighted by Crippen LogP contribution is 2.51.